The SMILES string of the molecule is CC(C)(N)C(=O)NCCC(=O)N1CCCCCC1. The van der Waals surface area contributed by atoms with Crippen LogP contribution in [0.15, 0.2) is 0 Å². The number of nitrogens with one attached hydrogen (secondary N) is 1. The molecule has 0 bridgehead atoms. The standard InChI is InChI=1S/C13H25N3O2/c1-13(2,14)12(18)15-8-7-11(17)16-9-5-3-4-6-10-16/h3-10,14H2,1-2H3,(H,15,18). The first-order valence-corrected chi connectivity index (χ1v) is 6.76. The first-order chi connectivity index (χ1) is 8.41. The maximum atomic E-state index is 11.9. The minimum absolute atomic E-state index is 0.132. The molecule has 1 rings (SSSR count). The van der Waals surface area contributed by atoms with E-state index in [1.807, 2.05) is 4.90 Å². The Kier molecular flexibility index (Phi) is 5.59. The van der Waals surface area contributed by atoms with Crippen LogP contribution in [-0.2, 0) is 9.59 Å². The van der Waals surface area contributed by atoms with E-state index in [0.29, 0.717) is 13.0 Å². The van der Waals surface area contributed by atoms with Gasteiger partial charge in [0, 0.05) is 26.1 Å². The zero-order chi connectivity index (χ0) is 13.6. The topological polar surface area (TPSA) is 75.4 Å². The fourth-order valence-corrected chi connectivity index (χ4v) is 1.99. The summed E-state index contributed by atoms with van der Waals surface area (Å²) in [7, 11) is 0. The summed E-state index contributed by atoms with van der Waals surface area (Å²) in [6.45, 7) is 5.39. The van der Waals surface area contributed by atoms with Crippen LogP contribution in [0.4, 0.5) is 0 Å². The van der Waals surface area contributed by atoms with E-state index in [0.717, 1.165) is 25.9 Å². The molecule has 0 aliphatic carbocycles. The van der Waals surface area contributed by atoms with E-state index in [2.05, 4.69) is 5.32 Å². The van der Waals surface area contributed by atoms with Crippen LogP contribution < -0.4 is 11.1 Å². The van der Waals surface area contributed by atoms with E-state index in [1.165, 1.54) is 12.8 Å². The van der Waals surface area contributed by atoms with Crippen LogP contribution in [0.2, 0.25) is 0 Å². The molecule has 0 aromatic carbocycles. The molecule has 18 heavy (non-hydrogen) atoms. The van der Waals surface area contributed by atoms with Crippen molar-refractivity contribution in [3.8, 4) is 0 Å². The lowest BCUT2D eigenvalue weighted by molar-refractivity contribution is -0.131. The summed E-state index contributed by atoms with van der Waals surface area (Å²) >= 11 is 0. The molecule has 5 nitrogen and oxygen atoms in total. The summed E-state index contributed by atoms with van der Waals surface area (Å²) in [5, 5.41) is 2.70. The van der Waals surface area contributed by atoms with Crippen molar-refractivity contribution in [3.63, 3.8) is 0 Å². The van der Waals surface area contributed by atoms with Crippen LogP contribution in [0, 0.1) is 0 Å². The van der Waals surface area contributed by atoms with Gasteiger partial charge < -0.3 is 16.0 Å². The van der Waals surface area contributed by atoms with Crippen LogP contribution in [-0.4, -0.2) is 41.9 Å². The summed E-state index contributed by atoms with van der Waals surface area (Å²) in [5.41, 5.74) is 4.77. The number of likely N-dealkylation sites (tertiary alicyclic amines) is 1. The highest BCUT2D eigenvalue weighted by Gasteiger charge is 2.22. The van der Waals surface area contributed by atoms with Gasteiger partial charge in [0.25, 0.3) is 0 Å². The Hall–Kier alpha value is -1.10. The Morgan fingerprint density at radius 1 is 1.17 bits per heavy atom. The molecule has 1 aliphatic heterocycles. The highest BCUT2D eigenvalue weighted by Crippen LogP contribution is 2.10. The van der Waals surface area contributed by atoms with Crippen molar-refractivity contribution >= 4 is 11.8 Å². The Morgan fingerprint density at radius 2 is 1.72 bits per heavy atom. The molecule has 0 spiro atoms. The number of hydrogen-bond donors (Lipinski definition) is 2. The van der Waals surface area contributed by atoms with Gasteiger partial charge in [-0.3, -0.25) is 9.59 Å². The molecule has 0 unspecified atom stereocenters. The number of rotatable bonds is 4. The van der Waals surface area contributed by atoms with Gasteiger partial charge in [0.2, 0.25) is 11.8 Å². The lowest BCUT2D eigenvalue weighted by Gasteiger charge is -2.21. The third-order valence-electron chi connectivity index (χ3n) is 3.17. The number of amides is 2. The van der Waals surface area contributed by atoms with Gasteiger partial charge in [-0.25, -0.2) is 0 Å². The van der Waals surface area contributed by atoms with Gasteiger partial charge in [0.15, 0.2) is 0 Å². The van der Waals surface area contributed by atoms with Crippen LogP contribution in [0.3, 0.4) is 0 Å². The highest BCUT2D eigenvalue weighted by atomic mass is 16.2. The third-order valence-corrected chi connectivity index (χ3v) is 3.17. The van der Waals surface area contributed by atoms with Gasteiger partial charge in [-0.1, -0.05) is 12.8 Å². The van der Waals surface area contributed by atoms with E-state index < -0.39 is 5.54 Å². The van der Waals surface area contributed by atoms with Crippen molar-refractivity contribution in [1.82, 2.24) is 10.2 Å². The summed E-state index contributed by atoms with van der Waals surface area (Å²) in [4.78, 5) is 25.4. The monoisotopic (exact) mass is 255 g/mol. The normalized spacial score (nSPS) is 17.2. The number of carbonyl (C=O) groups excluding carboxylic acids is 2. The molecule has 1 aliphatic rings. The number of nitrogens with zero attached hydrogens (tertiary/aromatic N) is 1. The van der Waals surface area contributed by atoms with Crippen molar-refractivity contribution in [1.29, 1.82) is 0 Å². The zero-order valence-electron chi connectivity index (χ0n) is 11.5. The quantitative estimate of drug-likeness (QED) is 0.774. The molecular formula is C13H25N3O2. The summed E-state index contributed by atoms with van der Waals surface area (Å²) in [6.07, 6.45) is 4.97. The number of nitrogens with two attached hydrogens (primary N) is 1. The van der Waals surface area contributed by atoms with Crippen molar-refractivity contribution < 1.29 is 9.59 Å². The molecule has 104 valence electrons. The smallest absolute Gasteiger partial charge is 0.239 e. The Labute approximate surface area is 109 Å². The van der Waals surface area contributed by atoms with E-state index in [1.54, 1.807) is 13.8 Å². The molecule has 5 heteroatoms. The van der Waals surface area contributed by atoms with Gasteiger partial charge in [-0.15, -0.1) is 0 Å². The van der Waals surface area contributed by atoms with Crippen molar-refractivity contribution in [2.75, 3.05) is 19.6 Å². The predicted molar refractivity (Wildman–Crippen MR) is 70.9 cm³/mol. The predicted octanol–water partition coefficient (Wildman–Crippen LogP) is 0.633. The molecule has 0 radical (unpaired) electrons. The van der Waals surface area contributed by atoms with E-state index >= 15 is 0 Å². The van der Waals surface area contributed by atoms with Crippen LogP contribution in [0.5, 0.6) is 0 Å². The Morgan fingerprint density at radius 3 is 2.22 bits per heavy atom. The van der Waals surface area contributed by atoms with E-state index in [9.17, 15) is 9.59 Å². The molecule has 1 fully saturated rings. The highest BCUT2D eigenvalue weighted by molar-refractivity contribution is 5.85. The minimum Gasteiger partial charge on any atom is -0.354 e. The number of hydrogen-bond acceptors (Lipinski definition) is 3. The fourth-order valence-electron chi connectivity index (χ4n) is 1.99. The van der Waals surface area contributed by atoms with E-state index in [-0.39, 0.29) is 11.8 Å². The minimum atomic E-state index is -0.883. The van der Waals surface area contributed by atoms with Gasteiger partial charge >= 0.3 is 0 Å². The maximum absolute atomic E-state index is 11.9. The summed E-state index contributed by atoms with van der Waals surface area (Å²) < 4.78 is 0. The summed E-state index contributed by atoms with van der Waals surface area (Å²) in [5.74, 6) is -0.0850. The summed E-state index contributed by atoms with van der Waals surface area (Å²) in [6, 6.07) is 0. The molecule has 1 saturated heterocycles. The fraction of sp³-hybridized carbons (Fsp3) is 0.846. The van der Waals surface area contributed by atoms with E-state index in [4.69, 9.17) is 5.73 Å². The second kappa shape index (κ2) is 6.73. The third kappa shape index (κ3) is 5.04. The molecule has 0 saturated carbocycles. The van der Waals surface area contributed by atoms with Crippen LogP contribution >= 0.6 is 0 Å². The first kappa shape index (κ1) is 15.0. The lowest BCUT2D eigenvalue weighted by Crippen LogP contribution is -2.49. The first-order valence-electron chi connectivity index (χ1n) is 6.76. The van der Waals surface area contributed by atoms with Gasteiger partial charge in [0.1, 0.15) is 0 Å². The molecule has 2 amide bonds. The Bertz CT molecular complexity index is 289. The van der Waals surface area contributed by atoms with Crippen molar-refractivity contribution in [2.24, 2.45) is 5.73 Å². The maximum Gasteiger partial charge on any atom is 0.239 e. The number of carbonyl (C=O) groups is 2. The van der Waals surface area contributed by atoms with Crippen molar-refractivity contribution in [3.05, 3.63) is 0 Å². The lowest BCUT2D eigenvalue weighted by atomic mass is 10.1. The zero-order valence-corrected chi connectivity index (χ0v) is 11.5. The molecule has 3 N–H and O–H groups in total. The molecule has 0 aromatic heterocycles. The molecule has 0 atom stereocenters. The largest absolute Gasteiger partial charge is 0.354 e. The van der Waals surface area contributed by atoms with Crippen molar-refractivity contribution in [2.45, 2.75) is 51.5 Å². The average molecular weight is 255 g/mol. The average Bonchev–Trinajstić information content (AvgIpc) is 2.55. The molecular weight excluding hydrogens is 230 g/mol. The van der Waals surface area contributed by atoms with Gasteiger partial charge in [-0.2, -0.15) is 0 Å². The molecule has 0 aromatic rings. The van der Waals surface area contributed by atoms with Crippen LogP contribution in [0.1, 0.15) is 46.0 Å². The second-order valence-electron chi connectivity index (χ2n) is 5.52. The van der Waals surface area contributed by atoms with Crippen LogP contribution in [0.25, 0.3) is 0 Å². The Balaban J connectivity index is 2.26. The van der Waals surface area contributed by atoms with Gasteiger partial charge in [0.05, 0.1) is 5.54 Å². The molecule has 1 heterocycles. The second-order valence-corrected chi connectivity index (χ2v) is 5.52. The van der Waals surface area contributed by atoms with Gasteiger partial charge in [-0.05, 0) is 26.7 Å².